The molecule has 1 unspecified atom stereocenters. The first-order valence-electron chi connectivity index (χ1n) is 8.32. The normalized spacial score (nSPS) is 17.9. The van der Waals surface area contributed by atoms with Gasteiger partial charge in [0.15, 0.2) is 11.7 Å². The van der Waals surface area contributed by atoms with Crippen LogP contribution < -0.4 is 10.6 Å². The molecule has 1 aromatic carbocycles. The van der Waals surface area contributed by atoms with Crippen LogP contribution in [0.2, 0.25) is 0 Å². The molecule has 5 nitrogen and oxygen atoms in total. The Kier molecular flexibility index (Phi) is 5.80. The van der Waals surface area contributed by atoms with Gasteiger partial charge in [-0.3, -0.25) is 4.99 Å². The van der Waals surface area contributed by atoms with Crippen molar-refractivity contribution in [3.05, 3.63) is 41.9 Å². The summed E-state index contributed by atoms with van der Waals surface area (Å²) in [4.78, 5) is 8.60. The van der Waals surface area contributed by atoms with Gasteiger partial charge in [0, 0.05) is 24.4 Å². The van der Waals surface area contributed by atoms with Gasteiger partial charge in [0.25, 0.3) is 0 Å². The Labute approximate surface area is 147 Å². The van der Waals surface area contributed by atoms with Gasteiger partial charge in [-0.05, 0) is 25.5 Å². The molecule has 128 valence electrons. The molecule has 24 heavy (non-hydrogen) atoms. The predicted molar refractivity (Wildman–Crippen MR) is 100 cm³/mol. The van der Waals surface area contributed by atoms with Crippen LogP contribution in [-0.4, -0.2) is 35.5 Å². The molecule has 0 bridgehead atoms. The van der Waals surface area contributed by atoms with Crippen molar-refractivity contribution in [3.8, 4) is 11.3 Å². The van der Waals surface area contributed by atoms with Crippen molar-refractivity contribution in [2.75, 3.05) is 19.3 Å². The van der Waals surface area contributed by atoms with Crippen molar-refractivity contribution in [1.29, 1.82) is 0 Å². The summed E-state index contributed by atoms with van der Waals surface area (Å²) in [6, 6.07) is 8.24. The van der Waals surface area contributed by atoms with Gasteiger partial charge >= 0.3 is 0 Å². The molecule has 2 aromatic rings. The Morgan fingerprint density at radius 2 is 2.17 bits per heavy atom. The lowest BCUT2D eigenvalue weighted by Gasteiger charge is -2.13. The zero-order valence-corrected chi connectivity index (χ0v) is 15.0. The quantitative estimate of drug-likeness (QED) is 0.644. The van der Waals surface area contributed by atoms with E-state index in [-0.39, 0.29) is 0 Å². The van der Waals surface area contributed by atoms with Crippen LogP contribution in [0.15, 0.2) is 39.9 Å². The van der Waals surface area contributed by atoms with Gasteiger partial charge in [-0.2, -0.15) is 11.8 Å². The fourth-order valence-corrected chi connectivity index (χ4v) is 3.84. The molecule has 1 aliphatic heterocycles. The first-order valence-corrected chi connectivity index (χ1v) is 9.37. The third kappa shape index (κ3) is 4.54. The van der Waals surface area contributed by atoms with Crippen molar-refractivity contribution in [1.82, 2.24) is 15.6 Å². The third-order valence-corrected chi connectivity index (χ3v) is 5.44. The molecule has 1 fully saturated rings. The molecule has 0 spiro atoms. The van der Waals surface area contributed by atoms with Crippen molar-refractivity contribution < 1.29 is 4.42 Å². The Morgan fingerprint density at radius 1 is 1.33 bits per heavy atom. The van der Waals surface area contributed by atoms with Crippen molar-refractivity contribution in [3.63, 3.8) is 0 Å². The number of guanidine groups is 1. The molecular weight excluding hydrogens is 320 g/mol. The van der Waals surface area contributed by atoms with Gasteiger partial charge < -0.3 is 15.1 Å². The Bertz CT molecular complexity index is 675. The maximum Gasteiger partial charge on any atom is 0.214 e. The molecule has 6 heteroatoms. The zero-order valence-electron chi connectivity index (χ0n) is 14.2. The summed E-state index contributed by atoms with van der Waals surface area (Å²) in [5.41, 5.74) is 2.27. The molecule has 2 heterocycles. The second kappa shape index (κ2) is 8.24. The lowest BCUT2D eigenvalue weighted by Crippen LogP contribution is -2.39. The van der Waals surface area contributed by atoms with E-state index in [1.54, 1.807) is 13.2 Å². The largest absolute Gasteiger partial charge is 0.439 e. The van der Waals surface area contributed by atoms with Gasteiger partial charge in [-0.15, -0.1) is 0 Å². The average molecular weight is 344 g/mol. The molecule has 0 aliphatic carbocycles. The molecule has 0 amide bonds. The number of rotatable bonds is 5. The van der Waals surface area contributed by atoms with E-state index in [1.165, 1.54) is 24.2 Å². The van der Waals surface area contributed by atoms with E-state index in [2.05, 4.69) is 39.7 Å². The van der Waals surface area contributed by atoms with Crippen molar-refractivity contribution >= 4 is 17.7 Å². The minimum Gasteiger partial charge on any atom is -0.439 e. The number of oxazole rings is 1. The molecule has 0 saturated carbocycles. The summed E-state index contributed by atoms with van der Waals surface area (Å²) in [6.07, 6.45) is 4.38. The molecule has 1 aromatic heterocycles. The number of hydrogen-bond donors (Lipinski definition) is 2. The topological polar surface area (TPSA) is 62.5 Å². The van der Waals surface area contributed by atoms with Gasteiger partial charge in [-0.25, -0.2) is 4.98 Å². The minimum atomic E-state index is 0.517. The minimum absolute atomic E-state index is 0.517. The number of benzene rings is 1. The highest BCUT2D eigenvalue weighted by Gasteiger charge is 2.15. The molecule has 2 N–H and O–H groups in total. The standard InChI is InChI=1S/C18H24N4OS/c1-13-5-7-14(8-6-13)16-11-20-17(23-16)12-22-18(19-2)21-10-15-4-3-9-24-15/h5-8,11,15H,3-4,9-10,12H2,1-2H3,(H2,19,21,22). The van der Waals surface area contributed by atoms with Crippen LogP contribution >= 0.6 is 11.8 Å². The summed E-state index contributed by atoms with van der Waals surface area (Å²) >= 11 is 2.04. The summed E-state index contributed by atoms with van der Waals surface area (Å²) in [5, 5.41) is 7.32. The smallest absolute Gasteiger partial charge is 0.214 e. The van der Waals surface area contributed by atoms with E-state index in [9.17, 15) is 0 Å². The molecule has 1 aliphatic rings. The Hall–Kier alpha value is -1.95. The number of aromatic nitrogens is 1. The summed E-state index contributed by atoms with van der Waals surface area (Å²) < 4.78 is 5.82. The van der Waals surface area contributed by atoms with Crippen LogP contribution in [0.4, 0.5) is 0 Å². The molecule has 1 saturated heterocycles. The van der Waals surface area contributed by atoms with E-state index in [1.807, 2.05) is 23.9 Å². The van der Waals surface area contributed by atoms with Gasteiger partial charge in [-0.1, -0.05) is 29.8 Å². The van der Waals surface area contributed by atoms with Crippen molar-refractivity contribution in [2.45, 2.75) is 31.6 Å². The van der Waals surface area contributed by atoms with Crippen LogP contribution in [0.25, 0.3) is 11.3 Å². The van der Waals surface area contributed by atoms with Crippen molar-refractivity contribution in [2.24, 2.45) is 4.99 Å². The number of thioether (sulfide) groups is 1. The van der Waals surface area contributed by atoms with Crippen LogP contribution in [0, 0.1) is 6.92 Å². The van der Waals surface area contributed by atoms with Crippen LogP contribution in [0.5, 0.6) is 0 Å². The predicted octanol–water partition coefficient (Wildman–Crippen LogP) is 3.21. The molecular formula is C18H24N4OS. The van der Waals surface area contributed by atoms with Crippen LogP contribution in [0.3, 0.4) is 0 Å². The Morgan fingerprint density at radius 3 is 2.88 bits per heavy atom. The van der Waals surface area contributed by atoms with E-state index < -0.39 is 0 Å². The highest BCUT2D eigenvalue weighted by atomic mass is 32.2. The van der Waals surface area contributed by atoms with E-state index in [4.69, 9.17) is 4.42 Å². The summed E-state index contributed by atoms with van der Waals surface area (Å²) in [5.74, 6) is 3.51. The SMILES string of the molecule is CN=C(NCc1ncc(-c2ccc(C)cc2)o1)NCC1CCCS1. The van der Waals surface area contributed by atoms with Crippen LogP contribution in [0.1, 0.15) is 24.3 Å². The zero-order chi connectivity index (χ0) is 16.8. The highest BCUT2D eigenvalue weighted by molar-refractivity contribution is 8.00. The second-order valence-corrected chi connectivity index (χ2v) is 7.33. The van der Waals surface area contributed by atoms with E-state index >= 15 is 0 Å². The second-order valence-electron chi connectivity index (χ2n) is 5.93. The van der Waals surface area contributed by atoms with E-state index in [0.717, 1.165) is 23.8 Å². The number of hydrogen-bond acceptors (Lipinski definition) is 4. The number of aryl methyl sites for hydroxylation is 1. The maximum atomic E-state index is 5.82. The lowest BCUT2D eigenvalue weighted by atomic mass is 10.1. The number of nitrogens with one attached hydrogen (secondary N) is 2. The first-order chi connectivity index (χ1) is 11.7. The molecule has 0 radical (unpaired) electrons. The average Bonchev–Trinajstić information content (AvgIpc) is 3.27. The summed E-state index contributed by atoms with van der Waals surface area (Å²) in [6.45, 7) is 3.54. The highest BCUT2D eigenvalue weighted by Crippen LogP contribution is 2.25. The fraction of sp³-hybridized carbons (Fsp3) is 0.444. The van der Waals surface area contributed by atoms with Gasteiger partial charge in [0.05, 0.1) is 12.7 Å². The molecule has 3 rings (SSSR count). The monoisotopic (exact) mass is 344 g/mol. The fourth-order valence-electron chi connectivity index (χ4n) is 2.64. The third-order valence-electron chi connectivity index (χ3n) is 4.04. The lowest BCUT2D eigenvalue weighted by molar-refractivity contribution is 0.497. The maximum absolute atomic E-state index is 5.82. The van der Waals surface area contributed by atoms with E-state index in [0.29, 0.717) is 17.7 Å². The molecule has 1 atom stereocenters. The Balaban J connectivity index is 1.51. The first kappa shape index (κ1) is 16.9. The van der Waals surface area contributed by atoms with Crippen LogP contribution in [-0.2, 0) is 6.54 Å². The van der Waals surface area contributed by atoms with Gasteiger partial charge in [0.2, 0.25) is 5.89 Å². The number of nitrogens with zero attached hydrogens (tertiary/aromatic N) is 2. The van der Waals surface area contributed by atoms with Gasteiger partial charge in [0.1, 0.15) is 0 Å². The number of aliphatic imine (C=N–C) groups is 1. The summed E-state index contributed by atoms with van der Waals surface area (Å²) in [7, 11) is 1.78.